The van der Waals surface area contributed by atoms with Crippen LogP contribution in [0.4, 0.5) is 17.2 Å². The van der Waals surface area contributed by atoms with Crippen molar-refractivity contribution in [3.05, 3.63) is 66.3 Å². The molecule has 9 nitrogen and oxygen atoms in total. The van der Waals surface area contributed by atoms with Gasteiger partial charge in [-0.15, -0.1) is 12.8 Å². The van der Waals surface area contributed by atoms with Crippen LogP contribution in [0.1, 0.15) is 32.8 Å². The Morgan fingerprint density at radius 3 is 2.73 bits per heavy atom. The van der Waals surface area contributed by atoms with Gasteiger partial charge in [-0.2, -0.15) is 5.10 Å². The number of aromatic nitrogens is 2. The number of anilines is 3. The molecule has 2 aromatic carbocycles. The predicted molar refractivity (Wildman–Crippen MR) is 166 cm³/mol. The molecule has 6 rings (SSSR count). The normalized spacial score (nSPS) is 17.2. The second kappa shape index (κ2) is 14.2. The van der Waals surface area contributed by atoms with Crippen LogP contribution in [0.3, 0.4) is 0 Å². The Morgan fingerprint density at radius 2 is 2.00 bits per heavy atom. The van der Waals surface area contributed by atoms with E-state index in [9.17, 15) is 0 Å². The molecule has 3 aliphatic heterocycles. The van der Waals surface area contributed by atoms with Crippen molar-refractivity contribution >= 4 is 34.3 Å². The van der Waals surface area contributed by atoms with Crippen molar-refractivity contribution in [3.63, 3.8) is 0 Å². The first-order valence-electron chi connectivity index (χ1n) is 13.9. The minimum absolute atomic E-state index is 0.233. The first-order chi connectivity index (χ1) is 20.1. The van der Waals surface area contributed by atoms with Crippen molar-refractivity contribution in [2.45, 2.75) is 40.2 Å². The summed E-state index contributed by atoms with van der Waals surface area (Å²) in [4.78, 5) is 11.4. The number of benzene rings is 2. The molecular formula is C32H38N6O3. The van der Waals surface area contributed by atoms with Crippen molar-refractivity contribution in [1.82, 2.24) is 15.0 Å². The third-order valence-corrected chi connectivity index (χ3v) is 6.51. The molecule has 3 aliphatic rings. The molecular weight excluding hydrogens is 516 g/mol. The maximum atomic E-state index is 6.25. The van der Waals surface area contributed by atoms with Gasteiger partial charge in [0, 0.05) is 24.6 Å². The summed E-state index contributed by atoms with van der Waals surface area (Å²) in [6.45, 7) is 11.7. The zero-order valence-corrected chi connectivity index (χ0v) is 24.2. The second-order valence-electron chi connectivity index (χ2n) is 9.60. The van der Waals surface area contributed by atoms with Gasteiger partial charge >= 0.3 is 0 Å². The van der Waals surface area contributed by atoms with Crippen LogP contribution < -0.4 is 19.7 Å². The Morgan fingerprint density at radius 1 is 1.17 bits per heavy atom. The molecule has 1 N–H and O–H groups in total. The lowest BCUT2D eigenvalue weighted by molar-refractivity contribution is 0.0709. The van der Waals surface area contributed by atoms with Crippen LogP contribution in [0.5, 0.6) is 11.5 Å². The summed E-state index contributed by atoms with van der Waals surface area (Å²) in [6.07, 6.45) is 18.4. The maximum Gasteiger partial charge on any atom is 0.155 e. The summed E-state index contributed by atoms with van der Waals surface area (Å²) in [7, 11) is 0. The average Bonchev–Trinajstić information content (AvgIpc) is 3.01. The highest BCUT2D eigenvalue weighted by molar-refractivity contribution is 6.00. The van der Waals surface area contributed by atoms with Crippen LogP contribution >= 0.6 is 0 Å². The number of allylic oxidation sites excluding steroid dienone is 1. The molecule has 0 amide bonds. The quantitative estimate of drug-likeness (QED) is 0.302. The standard InChI is InChI=1S/C27H28N6O3.C3H8.C2H2/c1-3-30-32-10-8-21(9-11-32)36-24-7-4-19(14-18(24)2)31-27-25-22(28-17-29-27)5-6-23-26(25)35-16-20-15-34-13-12-33(20)23;1-3-2;1-2/h3-10,14,17,20H,11-13,15-16H2,1-2H3,(H,28,29,31);3H2,1-2H3;1-2H/b30-3-;;. The Hall–Kier alpha value is -4.55. The van der Waals surface area contributed by atoms with Gasteiger partial charge in [0.15, 0.2) is 5.75 Å². The Balaban J connectivity index is 0.000000728. The molecule has 0 spiro atoms. The van der Waals surface area contributed by atoms with E-state index in [0.29, 0.717) is 25.6 Å². The number of rotatable bonds is 5. The molecule has 1 atom stereocenters. The number of aryl methyl sites for hydroxylation is 1. The molecule has 1 aromatic heterocycles. The fourth-order valence-electron chi connectivity index (χ4n) is 4.75. The van der Waals surface area contributed by atoms with Crippen LogP contribution in [-0.4, -0.2) is 60.1 Å². The fourth-order valence-corrected chi connectivity index (χ4v) is 4.75. The van der Waals surface area contributed by atoms with Gasteiger partial charge in [-0.1, -0.05) is 20.3 Å². The largest absolute Gasteiger partial charge is 0.488 e. The highest BCUT2D eigenvalue weighted by Crippen LogP contribution is 2.43. The number of fused-ring (bicyclic) bond motifs is 5. The van der Waals surface area contributed by atoms with Crippen LogP contribution in [0.25, 0.3) is 10.9 Å². The van der Waals surface area contributed by atoms with Crippen molar-refractivity contribution in [3.8, 4) is 24.3 Å². The monoisotopic (exact) mass is 554 g/mol. The van der Waals surface area contributed by atoms with E-state index in [-0.39, 0.29) is 6.04 Å². The van der Waals surface area contributed by atoms with Crippen LogP contribution in [0.2, 0.25) is 0 Å². The summed E-state index contributed by atoms with van der Waals surface area (Å²) in [5.41, 5.74) is 3.83. The number of nitrogens with one attached hydrogen (secondary N) is 1. The number of ether oxygens (including phenoxy) is 3. The van der Waals surface area contributed by atoms with Gasteiger partial charge in [0.05, 0.1) is 42.4 Å². The van der Waals surface area contributed by atoms with Gasteiger partial charge in [-0.3, -0.25) is 5.01 Å². The highest BCUT2D eigenvalue weighted by atomic mass is 16.5. The summed E-state index contributed by atoms with van der Waals surface area (Å²) >= 11 is 0. The van der Waals surface area contributed by atoms with Crippen molar-refractivity contribution in [1.29, 1.82) is 0 Å². The van der Waals surface area contributed by atoms with E-state index in [1.165, 1.54) is 6.42 Å². The molecule has 0 saturated carbocycles. The van der Waals surface area contributed by atoms with Gasteiger partial charge < -0.3 is 24.4 Å². The SMILES string of the molecule is C#C.C/C=N\N1C=CC(Oc2ccc(Nc3ncnc4ccc5c(c34)OCC3COCCN53)cc2C)=CC1.CCC. The number of hydrogen-bond donors (Lipinski definition) is 1. The molecule has 1 saturated heterocycles. The van der Waals surface area contributed by atoms with Gasteiger partial charge in [0.1, 0.15) is 30.3 Å². The average molecular weight is 555 g/mol. The molecule has 9 heteroatoms. The summed E-state index contributed by atoms with van der Waals surface area (Å²) in [6, 6.07) is 10.4. The smallest absolute Gasteiger partial charge is 0.155 e. The van der Waals surface area contributed by atoms with Crippen molar-refractivity contribution < 1.29 is 14.2 Å². The van der Waals surface area contributed by atoms with Crippen LogP contribution in [0.15, 0.2) is 65.9 Å². The van der Waals surface area contributed by atoms with E-state index < -0.39 is 0 Å². The molecule has 0 bridgehead atoms. The van der Waals surface area contributed by atoms with E-state index in [1.807, 2.05) is 55.4 Å². The maximum absolute atomic E-state index is 6.25. The molecule has 41 heavy (non-hydrogen) atoms. The summed E-state index contributed by atoms with van der Waals surface area (Å²) in [5, 5.41) is 10.5. The molecule has 3 aromatic rings. The Kier molecular flexibility index (Phi) is 10.2. The van der Waals surface area contributed by atoms with E-state index in [1.54, 1.807) is 12.5 Å². The summed E-state index contributed by atoms with van der Waals surface area (Å²) in [5.74, 6) is 3.14. The predicted octanol–water partition coefficient (Wildman–Crippen LogP) is 6.04. The van der Waals surface area contributed by atoms with Gasteiger partial charge in [0.2, 0.25) is 0 Å². The molecule has 1 fully saturated rings. The van der Waals surface area contributed by atoms with Crippen molar-refractivity contribution in [2.75, 3.05) is 43.1 Å². The third kappa shape index (κ3) is 6.79. The zero-order valence-electron chi connectivity index (χ0n) is 24.2. The van der Waals surface area contributed by atoms with Crippen LogP contribution in [-0.2, 0) is 4.74 Å². The number of morpholine rings is 1. The van der Waals surface area contributed by atoms with E-state index in [2.05, 4.69) is 64.1 Å². The highest BCUT2D eigenvalue weighted by Gasteiger charge is 2.32. The van der Waals surface area contributed by atoms with Gasteiger partial charge in [0.25, 0.3) is 0 Å². The lowest BCUT2D eigenvalue weighted by atomic mass is 10.1. The number of hydrazone groups is 1. The van der Waals surface area contributed by atoms with Gasteiger partial charge in [-0.05, 0) is 61.9 Å². The molecule has 4 heterocycles. The zero-order chi connectivity index (χ0) is 29.2. The minimum Gasteiger partial charge on any atom is -0.488 e. The third-order valence-electron chi connectivity index (χ3n) is 6.51. The molecule has 214 valence electrons. The lowest BCUT2D eigenvalue weighted by Crippen LogP contribution is -2.51. The molecule has 1 unspecified atom stereocenters. The molecule has 0 aliphatic carbocycles. The Bertz CT molecular complexity index is 1450. The second-order valence-corrected chi connectivity index (χ2v) is 9.60. The number of hydrogen-bond acceptors (Lipinski definition) is 9. The van der Waals surface area contributed by atoms with Crippen molar-refractivity contribution in [2.24, 2.45) is 5.10 Å². The van der Waals surface area contributed by atoms with E-state index in [0.717, 1.165) is 58.3 Å². The van der Waals surface area contributed by atoms with Gasteiger partial charge in [-0.25, -0.2) is 9.97 Å². The van der Waals surface area contributed by atoms with E-state index in [4.69, 9.17) is 14.2 Å². The molecule has 0 radical (unpaired) electrons. The number of nitrogens with zero attached hydrogens (tertiary/aromatic N) is 5. The summed E-state index contributed by atoms with van der Waals surface area (Å²) < 4.78 is 18.0. The van der Waals surface area contributed by atoms with Crippen LogP contribution in [0, 0.1) is 19.8 Å². The minimum atomic E-state index is 0.233. The Labute approximate surface area is 242 Å². The fraction of sp³-hybridized carbons (Fsp3) is 0.344. The topological polar surface area (TPSA) is 84.3 Å². The lowest BCUT2D eigenvalue weighted by Gasteiger charge is -2.41. The first-order valence-corrected chi connectivity index (χ1v) is 13.9. The first kappa shape index (κ1) is 29.4. The van der Waals surface area contributed by atoms with E-state index >= 15 is 0 Å². The number of terminal acetylenes is 1.